The van der Waals surface area contributed by atoms with Crippen LogP contribution in [0.3, 0.4) is 0 Å². The van der Waals surface area contributed by atoms with E-state index in [1.165, 1.54) is 17.8 Å². The van der Waals surface area contributed by atoms with Crippen LogP contribution in [0.1, 0.15) is 23.0 Å². The van der Waals surface area contributed by atoms with Gasteiger partial charge in [-0.1, -0.05) is 84.9 Å². The van der Waals surface area contributed by atoms with Gasteiger partial charge in [0.25, 0.3) is 11.8 Å². The molecule has 3 N–H and O–H groups in total. The van der Waals surface area contributed by atoms with Gasteiger partial charge in [0, 0.05) is 38.9 Å². The molecule has 3 amide bonds. The minimum Gasteiger partial charge on any atom is -0.457 e. The maximum Gasteiger partial charge on any atom is 0.272 e. The lowest BCUT2D eigenvalue weighted by Crippen LogP contribution is -2.30. The number of fused-ring (bicyclic) bond motifs is 1. The number of furan rings is 1. The summed E-state index contributed by atoms with van der Waals surface area (Å²) in [7, 11) is 0. The van der Waals surface area contributed by atoms with Gasteiger partial charge < -0.3 is 20.4 Å². The average Bonchev–Trinajstić information content (AvgIpc) is 3.58. The minimum absolute atomic E-state index is 0.0185. The van der Waals surface area contributed by atoms with Crippen molar-refractivity contribution in [3.05, 3.63) is 157 Å². The molecule has 0 unspecified atom stereocenters. The highest BCUT2D eigenvalue weighted by atomic mass is 32.2. The van der Waals surface area contributed by atoms with E-state index in [9.17, 15) is 14.4 Å². The Hall–Kier alpha value is -5.86. The molecule has 0 spiro atoms. The molecule has 7 nitrogen and oxygen atoms in total. The standard InChI is InChI=1S/C39H31N3O4S/c1-26(37(43)41-34-18-10-16-27-11-8-9-17-33(27)34)47-32-22-19-30(20-23-32)40-39(45)35(42-38(44)29-14-6-3-7-15-29)25-31-21-24-36(46-31)28-12-4-2-5-13-28/h2-26H,1H3,(H,40,45)(H,41,43)(H,42,44)/b35-25+/t26-/m0/s1. The molecule has 232 valence electrons. The highest BCUT2D eigenvalue weighted by molar-refractivity contribution is 8.00. The summed E-state index contributed by atoms with van der Waals surface area (Å²) in [5.74, 6) is -0.00969. The highest BCUT2D eigenvalue weighted by Crippen LogP contribution is 2.28. The molecule has 5 aromatic carbocycles. The van der Waals surface area contributed by atoms with Gasteiger partial charge in [0.1, 0.15) is 17.2 Å². The first kappa shape index (κ1) is 31.1. The summed E-state index contributed by atoms with van der Waals surface area (Å²) in [4.78, 5) is 40.4. The number of hydrogen-bond acceptors (Lipinski definition) is 5. The lowest BCUT2D eigenvalue weighted by atomic mass is 10.1. The van der Waals surface area contributed by atoms with Crippen molar-refractivity contribution in [2.24, 2.45) is 0 Å². The van der Waals surface area contributed by atoms with E-state index >= 15 is 0 Å². The molecule has 0 fully saturated rings. The van der Waals surface area contributed by atoms with E-state index in [1.807, 2.05) is 104 Å². The predicted octanol–water partition coefficient (Wildman–Crippen LogP) is 8.63. The van der Waals surface area contributed by atoms with Crippen molar-refractivity contribution in [1.29, 1.82) is 0 Å². The van der Waals surface area contributed by atoms with Crippen molar-refractivity contribution in [1.82, 2.24) is 5.32 Å². The Bertz CT molecular complexity index is 2050. The van der Waals surface area contributed by atoms with Gasteiger partial charge in [-0.05, 0) is 66.9 Å². The molecule has 0 bridgehead atoms. The molecule has 0 aliphatic rings. The Morgan fingerprint density at radius 1 is 0.702 bits per heavy atom. The third-order valence-corrected chi connectivity index (χ3v) is 8.45. The molecule has 0 aliphatic heterocycles. The number of carbonyl (C=O) groups is 3. The monoisotopic (exact) mass is 637 g/mol. The van der Waals surface area contributed by atoms with Gasteiger partial charge in [-0.25, -0.2) is 0 Å². The first-order valence-corrected chi connectivity index (χ1v) is 15.9. The Balaban J connectivity index is 1.14. The van der Waals surface area contributed by atoms with Gasteiger partial charge >= 0.3 is 0 Å². The van der Waals surface area contributed by atoms with Crippen LogP contribution in [-0.4, -0.2) is 23.0 Å². The van der Waals surface area contributed by atoms with Crippen LogP contribution in [0.5, 0.6) is 0 Å². The average molecular weight is 638 g/mol. The van der Waals surface area contributed by atoms with Crippen molar-refractivity contribution in [3.63, 3.8) is 0 Å². The van der Waals surface area contributed by atoms with Gasteiger partial charge in [0.2, 0.25) is 5.91 Å². The summed E-state index contributed by atoms with van der Waals surface area (Å²) in [6.07, 6.45) is 1.50. The first-order chi connectivity index (χ1) is 22.9. The number of thioether (sulfide) groups is 1. The molecule has 6 aromatic rings. The number of rotatable bonds is 10. The number of nitrogens with one attached hydrogen (secondary N) is 3. The Labute approximate surface area is 276 Å². The molecule has 1 atom stereocenters. The van der Waals surface area contributed by atoms with Crippen molar-refractivity contribution in [3.8, 4) is 11.3 Å². The van der Waals surface area contributed by atoms with E-state index in [-0.39, 0.29) is 16.9 Å². The van der Waals surface area contributed by atoms with E-state index in [2.05, 4.69) is 16.0 Å². The van der Waals surface area contributed by atoms with Crippen molar-refractivity contribution in [2.45, 2.75) is 17.1 Å². The molecule has 8 heteroatoms. The molecular formula is C39H31N3O4S. The minimum atomic E-state index is -0.518. The second-order valence-corrected chi connectivity index (χ2v) is 12.1. The highest BCUT2D eigenvalue weighted by Gasteiger charge is 2.18. The number of benzene rings is 5. The van der Waals surface area contributed by atoms with Gasteiger partial charge in [-0.3, -0.25) is 14.4 Å². The Morgan fingerprint density at radius 2 is 1.38 bits per heavy atom. The number of hydrogen-bond donors (Lipinski definition) is 3. The smallest absolute Gasteiger partial charge is 0.272 e. The van der Waals surface area contributed by atoms with Crippen LogP contribution in [0, 0.1) is 0 Å². The zero-order valence-corrected chi connectivity index (χ0v) is 26.3. The summed E-state index contributed by atoms with van der Waals surface area (Å²) in [5, 5.41) is 10.3. The second-order valence-electron chi connectivity index (χ2n) is 10.7. The summed E-state index contributed by atoms with van der Waals surface area (Å²) >= 11 is 1.41. The van der Waals surface area contributed by atoms with Gasteiger partial charge in [-0.15, -0.1) is 11.8 Å². The van der Waals surface area contributed by atoms with Crippen LogP contribution in [-0.2, 0) is 9.59 Å². The summed E-state index contributed by atoms with van der Waals surface area (Å²) in [5.41, 5.74) is 2.62. The van der Waals surface area contributed by atoms with Crippen molar-refractivity contribution >= 4 is 57.7 Å². The first-order valence-electron chi connectivity index (χ1n) is 15.0. The number of anilines is 2. The van der Waals surface area contributed by atoms with Gasteiger partial charge in [0.15, 0.2) is 0 Å². The van der Waals surface area contributed by atoms with Crippen LogP contribution in [0.25, 0.3) is 28.2 Å². The van der Waals surface area contributed by atoms with E-state index < -0.39 is 11.8 Å². The fourth-order valence-corrected chi connectivity index (χ4v) is 5.78. The van der Waals surface area contributed by atoms with Crippen LogP contribution >= 0.6 is 11.8 Å². The molecule has 1 heterocycles. The van der Waals surface area contributed by atoms with Gasteiger partial charge in [0.05, 0.1) is 5.25 Å². The van der Waals surface area contributed by atoms with E-state index in [0.29, 0.717) is 22.8 Å². The molecular weight excluding hydrogens is 607 g/mol. The third-order valence-electron chi connectivity index (χ3n) is 7.34. The second kappa shape index (κ2) is 14.5. The number of carbonyl (C=O) groups excluding carboxylic acids is 3. The summed E-state index contributed by atoms with van der Waals surface area (Å²) in [6.45, 7) is 1.85. The zero-order valence-electron chi connectivity index (χ0n) is 25.5. The zero-order chi connectivity index (χ0) is 32.6. The van der Waals surface area contributed by atoms with Crippen molar-refractivity contribution < 1.29 is 18.8 Å². The molecule has 0 saturated heterocycles. The molecule has 0 aliphatic carbocycles. The third kappa shape index (κ3) is 7.87. The van der Waals surface area contributed by atoms with Crippen LogP contribution in [0.4, 0.5) is 11.4 Å². The Morgan fingerprint density at radius 3 is 2.15 bits per heavy atom. The SMILES string of the molecule is C[C@H](Sc1ccc(NC(=O)/C(=C\c2ccc(-c3ccccc3)o2)NC(=O)c2ccccc2)cc1)C(=O)Nc1cccc2ccccc12. The quantitative estimate of drug-likeness (QED) is 0.103. The largest absolute Gasteiger partial charge is 0.457 e. The summed E-state index contributed by atoms with van der Waals surface area (Å²) in [6, 6.07) is 42.8. The van der Waals surface area contributed by atoms with Crippen LogP contribution < -0.4 is 16.0 Å². The van der Waals surface area contributed by atoms with E-state index in [1.54, 1.807) is 42.5 Å². The van der Waals surface area contributed by atoms with Crippen LogP contribution in [0.15, 0.2) is 155 Å². The molecule has 6 rings (SSSR count). The normalized spacial score (nSPS) is 11.9. The van der Waals surface area contributed by atoms with Crippen molar-refractivity contribution in [2.75, 3.05) is 10.6 Å². The molecule has 1 aromatic heterocycles. The number of amides is 3. The van der Waals surface area contributed by atoms with E-state index in [4.69, 9.17) is 4.42 Å². The van der Waals surface area contributed by atoms with Gasteiger partial charge in [-0.2, -0.15) is 0 Å². The Kier molecular flexibility index (Phi) is 9.60. The molecule has 0 radical (unpaired) electrons. The summed E-state index contributed by atoms with van der Waals surface area (Å²) < 4.78 is 5.98. The topological polar surface area (TPSA) is 100 Å². The predicted molar refractivity (Wildman–Crippen MR) is 189 cm³/mol. The fourth-order valence-electron chi connectivity index (χ4n) is 4.91. The molecule has 47 heavy (non-hydrogen) atoms. The maximum absolute atomic E-state index is 13.5. The van der Waals surface area contributed by atoms with Crippen LogP contribution in [0.2, 0.25) is 0 Å². The van der Waals surface area contributed by atoms with E-state index in [0.717, 1.165) is 26.9 Å². The lowest BCUT2D eigenvalue weighted by molar-refractivity contribution is -0.115. The lowest BCUT2D eigenvalue weighted by Gasteiger charge is -2.14. The fraction of sp³-hybridized carbons (Fsp3) is 0.0513. The molecule has 0 saturated carbocycles. The maximum atomic E-state index is 13.5.